The van der Waals surface area contributed by atoms with Crippen molar-refractivity contribution in [1.29, 1.82) is 0 Å². The summed E-state index contributed by atoms with van der Waals surface area (Å²) in [4.78, 5) is 0. The van der Waals surface area contributed by atoms with Crippen molar-refractivity contribution in [2.45, 2.75) is 18.9 Å². The second kappa shape index (κ2) is 6.48. The number of rotatable bonds is 5. The van der Waals surface area contributed by atoms with Crippen LogP contribution in [0.4, 0.5) is 8.78 Å². The van der Waals surface area contributed by atoms with E-state index in [4.69, 9.17) is 0 Å². The lowest BCUT2D eigenvalue weighted by Gasteiger charge is -2.16. The SMILES string of the molecule is CNC(Cc1ccc(O)cc1)Cc1cc(F)cc(F)c1. The molecule has 0 bridgehead atoms. The van der Waals surface area contributed by atoms with E-state index in [1.165, 1.54) is 12.1 Å². The molecule has 2 nitrogen and oxygen atoms in total. The monoisotopic (exact) mass is 277 g/mol. The Morgan fingerprint density at radius 1 is 0.950 bits per heavy atom. The molecule has 2 aromatic rings. The van der Waals surface area contributed by atoms with Crippen LogP contribution < -0.4 is 5.32 Å². The maximum absolute atomic E-state index is 13.2. The van der Waals surface area contributed by atoms with Crippen LogP contribution in [0.5, 0.6) is 5.75 Å². The molecular formula is C16H17F2NO. The minimum Gasteiger partial charge on any atom is -0.508 e. The van der Waals surface area contributed by atoms with Crippen LogP contribution >= 0.6 is 0 Å². The standard InChI is InChI=1S/C16H17F2NO/c1-19-15(8-11-2-4-16(20)5-3-11)9-12-6-13(17)10-14(18)7-12/h2-7,10,15,19-20H,8-9H2,1H3. The average Bonchev–Trinajstić information content (AvgIpc) is 2.39. The zero-order valence-electron chi connectivity index (χ0n) is 11.2. The second-order valence-electron chi connectivity index (χ2n) is 4.84. The Morgan fingerprint density at radius 3 is 2.05 bits per heavy atom. The molecule has 0 fully saturated rings. The van der Waals surface area contributed by atoms with Gasteiger partial charge in [0.15, 0.2) is 0 Å². The summed E-state index contributed by atoms with van der Waals surface area (Å²) in [6, 6.07) is 10.6. The molecule has 0 aliphatic rings. The van der Waals surface area contributed by atoms with Gasteiger partial charge >= 0.3 is 0 Å². The van der Waals surface area contributed by atoms with Crippen LogP contribution in [-0.4, -0.2) is 18.2 Å². The first-order valence-electron chi connectivity index (χ1n) is 6.47. The van der Waals surface area contributed by atoms with Crippen molar-refractivity contribution in [2.75, 3.05) is 7.05 Å². The molecule has 0 saturated carbocycles. The van der Waals surface area contributed by atoms with Gasteiger partial charge in [0.1, 0.15) is 17.4 Å². The molecule has 4 heteroatoms. The van der Waals surface area contributed by atoms with Gasteiger partial charge in [-0.05, 0) is 55.3 Å². The van der Waals surface area contributed by atoms with Crippen molar-refractivity contribution in [3.63, 3.8) is 0 Å². The van der Waals surface area contributed by atoms with Gasteiger partial charge in [-0.15, -0.1) is 0 Å². The van der Waals surface area contributed by atoms with Crippen LogP contribution in [0.15, 0.2) is 42.5 Å². The number of aromatic hydroxyl groups is 1. The number of phenolic OH excluding ortho intramolecular Hbond substituents is 1. The van der Waals surface area contributed by atoms with Crippen molar-refractivity contribution < 1.29 is 13.9 Å². The van der Waals surface area contributed by atoms with Crippen LogP contribution in [0, 0.1) is 11.6 Å². The Labute approximate surface area is 117 Å². The fourth-order valence-corrected chi connectivity index (χ4v) is 2.21. The minimum absolute atomic E-state index is 0.0701. The van der Waals surface area contributed by atoms with E-state index in [1.807, 2.05) is 19.2 Å². The normalized spacial score (nSPS) is 12.3. The predicted octanol–water partition coefficient (Wildman–Crippen LogP) is 3.04. The number of hydrogen-bond acceptors (Lipinski definition) is 2. The first kappa shape index (κ1) is 14.5. The first-order valence-corrected chi connectivity index (χ1v) is 6.47. The summed E-state index contributed by atoms with van der Waals surface area (Å²) in [7, 11) is 1.82. The molecule has 1 atom stereocenters. The van der Waals surface area contributed by atoms with E-state index in [0.717, 1.165) is 18.1 Å². The summed E-state index contributed by atoms with van der Waals surface area (Å²) >= 11 is 0. The molecule has 0 aromatic heterocycles. The quantitative estimate of drug-likeness (QED) is 0.880. The van der Waals surface area contributed by atoms with E-state index in [1.54, 1.807) is 12.1 Å². The summed E-state index contributed by atoms with van der Waals surface area (Å²) in [5.41, 5.74) is 1.68. The van der Waals surface area contributed by atoms with Crippen molar-refractivity contribution in [1.82, 2.24) is 5.32 Å². The number of nitrogens with one attached hydrogen (secondary N) is 1. The zero-order valence-corrected chi connectivity index (χ0v) is 11.2. The Hall–Kier alpha value is -1.94. The number of benzene rings is 2. The summed E-state index contributed by atoms with van der Waals surface area (Å²) in [6.45, 7) is 0. The highest BCUT2D eigenvalue weighted by Gasteiger charge is 2.10. The topological polar surface area (TPSA) is 32.3 Å². The molecule has 0 aliphatic heterocycles. The van der Waals surface area contributed by atoms with Crippen LogP contribution in [-0.2, 0) is 12.8 Å². The van der Waals surface area contributed by atoms with Crippen LogP contribution in [0.1, 0.15) is 11.1 Å². The number of halogens is 2. The number of hydrogen-bond donors (Lipinski definition) is 2. The fraction of sp³-hybridized carbons (Fsp3) is 0.250. The molecule has 20 heavy (non-hydrogen) atoms. The molecule has 2 rings (SSSR count). The Bertz CT molecular complexity index is 549. The summed E-state index contributed by atoms with van der Waals surface area (Å²) in [5, 5.41) is 12.4. The molecule has 0 saturated heterocycles. The minimum atomic E-state index is -0.556. The van der Waals surface area contributed by atoms with Gasteiger partial charge in [0, 0.05) is 12.1 Å². The Balaban J connectivity index is 2.06. The average molecular weight is 277 g/mol. The molecule has 1 unspecified atom stereocenters. The highest BCUT2D eigenvalue weighted by atomic mass is 19.1. The second-order valence-corrected chi connectivity index (χ2v) is 4.84. The molecule has 0 amide bonds. The van der Waals surface area contributed by atoms with Crippen molar-refractivity contribution in [3.05, 3.63) is 65.2 Å². The van der Waals surface area contributed by atoms with Crippen molar-refractivity contribution in [2.24, 2.45) is 0 Å². The summed E-state index contributed by atoms with van der Waals surface area (Å²) < 4.78 is 26.3. The third-order valence-corrected chi connectivity index (χ3v) is 3.23. The molecule has 0 radical (unpaired) electrons. The number of phenols is 1. The zero-order chi connectivity index (χ0) is 14.5. The predicted molar refractivity (Wildman–Crippen MR) is 74.7 cm³/mol. The molecule has 0 aliphatic carbocycles. The van der Waals surface area contributed by atoms with Crippen molar-refractivity contribution >= 4 is 0 Å². The smallest absolute Gasteiger partial charge is 0.126 e. The Morgan fingerprint density at radius 2 is 1.50 bits per heavy atom. The molecule has 106 valence electrons. The maximum atomic E-state index is 13.2. The molecule has 2 N–H and O–H groups in total. The van der Waals surface area contributed by atoms with Gasteiger partial charge < -0.3 is 10.4 Å². The number of likely N-dealkylation sites (N-methyl/N-ethyl adjacent to an activating group) is 1. The van der Waals surface area contributed by atoms with Gasteiger partial charge in [0.05, 0.1) is 0 Å². The third kappa shape index (κ3) is 4.03. The van der Waals surface area contributed by atoms with E-state index < -0.39 is 11.6 Å². The van der Waals surface area contributed by atoms with Crippen LogP contribution in [0.25, 0.3) is 0 Å². The summed E-state index contributed by atoms with van der Waals surface area (Å²) in [6.07, 6.45) is 1.25. The molecular weight excluding hydrogens is 260 g/mol. The Kier molecular flexibility index (Phi) is 4.69. The van der Waals surface area contributed by atoms with E-state index in [0.29, 0.717) is 12.0 Å². The summed E-state index contributed by atoms with van der Waals surface area (Å²) in [5.74, 6) is -0.888. The van der Waals surface area contributed by atoms with Gasteiger partial charge in [-0.2, -0.15) is 0 Å². The lowest BCUT2D eigenvalue weighted by atomic mass is 9.99. The van der Waals surface area contributed by atoms with Crippen LogP contribution in [0.3, 0.4) is 0 Å². The van der Waals surface area contributed by atoms with Crippen LogP contribution in [0.2, 0.25) is 0 Å². The van der Waals surface area contributed by atoms with E-state index in [-0.39, 0.29) is 11.8 Å². The van der Waals surface area contributed by atoms with E-state index in [2.05, 4.69) is 5.32 Å². The highest BCUT2D eigenvalue weighted by molar-refractivity contribution is 5.27. The lowest BCUT2D eigenvalue weighted by molar-refractivity contribution is 0.474. The van der Waals surface area contributed by atoms with Gasteiger partial charge in [0.2, 0.25) is 0 Å². The lowest BCUT2D eigenvalue weighted by Crippen LogP contribution is -2.30. The molecule has 0 spiro atoms. The molecule has 2 aromatic carbocycles. The van der Waals surface area contributed by atoms with Gasteiger partial charge in [-0.25, -0.2) is 8.78 Å². The van der Waals surface area contributed by atoms with Gasteiger partial charge in [-0.3, -0.25) is 0 Å². The fourth-order valence-electron chi connectivity index (χ4n) is 2.21. The van der Waals surface area contributed by atoms with Gasteiger partial charge in [-0.1, -0.05) is 12.1 Å². The van der Waals surface area contributed by atoms with E-state index in [9.17, 15) is 13.9 Å². The first-order chi connectivity index (χ1) is 9.56. The third-order valence-electron chi connectivity index (χ3n) is 3.23. The highest BCUT2D eigenvalue weighted by Crippen LogP contribution is 2.15. The van der Waals surface area contributed by atoms with E-state index >= 15 is 0 Å². The van der Waals surface area contributed by atoms with Crippen molar-refractivity contribution in [3.8, 4) is 5.75 Å². The largest absolute Gasteiger partial charge is 0.508 e. The van der Waals surface area contributed by atoms with Gasteiger partial charge in [0.25, 0.3) is 0 Å². The maximum Gasteiger partial charge on any atom is 0.126 e. The molecule has 0 heterocycles.